The lowest BCUT2D eigenvalue weighted by molar-refractivity contribution is -0.119. The molecule has 0 radical (unpaired) electrons. The van der Waals surface area contributed by atoms with Crippen LogP contribution in [0.3, 0.4) is 0 Å². The highest BCUT2D eigenvalue weighted by atomic mass is 32.1. The van der Waals surface area contributed by atoms with Crippen LogP contribution in [0.2, 0.25) is 0 Å². The number of pyridine rings is 1. The summed E-state index contributed by atoms with van der Waals surface area (Å²) in [7, 11) is 1.42. The van der Waals surface area contributed by atoms with Gasteiger partial charge in [0, 0.05) is 48.8 Å². The molecular weight excluding hydrogens is 508 g/mol. The molecule has 194 valence electrons. The van der Waals surface area contributed by atoms with E-state index >= 15 is 0 Å². The number of halogens is 2. The number of Topliss-reactive ketones (excluding diaryl/α,β-unsaturated/α-hetero) is 1. The molecule has 11 nitrogen and oxygen atoms in total. The van der Waals surface area contributed by atoms with E-state index < -0.39 is 23.1 Å². The summed E-state index contributed by atoms with van der Waals surface area (Å²) in [5, 5.41) is 4.54. The SMILES string of the molecule is CCC(=O)Cn1c(=O)c2c(ncn2CC(=O)Nc2csc(-c3cnc(C)c(C(C)(F)F)c3)n2)n(C)c1=O. The lowest BCUT2D eigenvalue weighted by Crippen LogP contribution is -2.41. The maximum Gasteiger partial charge on any atom is 0.332 e. The van der Waals surface area contributed by atoms with Gasteiger partial charge in [-0.25, -0.2) is 23.5 Å². The van der Waals surface area contributed by atoms with Gasteiger partial charge in [-0.2, -0.15) is 0 Å². The molecule has 4 aromatic rings. The number of imidazole rings is 1. The van der Waals surface area contributed by atoms with Gasteiger partial charge in [0.2, 0.25) is 5.91 Å². The van der Waals surface area contributed by atoms with Crippen LogP contribution in [0.15, 0.2) is 33.6 Å². The Balaban J connectivity index is 1.58. The molecule has 4 rings (SSSR count). The van der Waals surface area contributed by atoms with Crippen molar-refractivity contribution in [3.63, 3.8) is 0 Å². The molecule has 0 aliphatic rings. The molecule has 0 aromatic carbocycles. The summed E-state index contributed by atoms with van der Waals surface area (Å²) < 4.78 is 31.0. The number of aryl methyl sites for hydroxylation is 2. The third-order valence-corrected chi connectivity index (χ3v) is 6.61. The van der Waals surface area contributed by atoms with Gasteiger partial charge in [0.1, 0.15) is 17.4 Å². The van der Waals surface area contributed by atoms with Crippen molar-refractivity contribution in [3.8, 4) is 10.6 Å². The van der Waals surface area contributed by atoms with Gasteiger partial charge in [0.05, 0.1) is 12.9 Å². The highest BCUT2D eigenvalue weighted by Crippen LogP contribution is 2.33. The van der Waals surface area contributed by atoms with Crippen molar-refractivity contribution in [3.05, 3.63) is 56.1 Å². The monoisotopic (exact) mass is 531 g/mol. The maximum atomic E-state index is 13.9. The lowest BCUT2D eigenvalue weighted by Gasteiger charge is -2.13. The number of carbonyl (C=O) groups is 2. The first-order chi connectivity index (χ1) is 17.4. The number of nitrogens with zero attached hydrogens (tertiary/aromatic N) is 6. The summed E-state index contributed by atoms with van der Waals surface area (Å²) in [6.07, 6.45) is 2.85. The molecule has 0 bridgehead atoms. The minimum absolute atomic E-state index is 0.00104. The predicted octanol–water partition coefficient (Wildman–Crippen LogP) is 2.45. The Morgan fingerprint density at radius 2 is 1.92 bits per heavy atom. The topological polar surface area (TPSA) is 134 Å². The van der Waals surface area contributed by atoms with Crippen LogP contribution in [0, 0.1) is 6.92 Å². The molecule has 0 saturated carbocycles. The lowest BCUT2D eigenvalue weighted by atomic mass is 10.1. The third-order valence-electron chi connectivity index (χ3n) is 5.72. The Kier molecular flexibility index (Phi) is 6.86. The zero-order valence-electron chi connectivity index (χ0n) is 20.4. The van der Waals surface area contributed by atoms with Crippen LogP contribution in [0.4, 0.5) is 14.6 Å². The standard InChI is InChI=1S/C23H23F2N7O4S/c1-5-14(33)8-32-21(35)18-19(30(4)22(32)36)27-11-31(18)9-17(34)28-16-10-37-20(29-16)13-6-15(23(3,24)25)12(2)26-7-13/h6-7,10-11H,5,8-9H2,1-4H3,(H,28,34). The fourth-order valence-corrected chi connectivity index (χ4v) is 4.50. The van der Waals surface area contributed by atoms with E-state index in [9.17, 15) is 28.0 Å². The molecule has 4 aromatic heterocycles. The highest BCUT2D eigenvalue weighted by molar-refractivity contribution is 7.13. The quantitative estimate of drug-likeness (QED) is 0.369. The van der Waals surface area contributed by atoms with Crippen LogP contribution in [-0.4, -0.2) is 40.3 Å². The second-order valence-electron chi connectivity index (χ2n) is 8.50. The highest BCUT2D eigenvalue weighted by Gasteiger charge is 2.28. The summed E-state index contributed by atoms with van der Waals surface area (Å²) >= 11 is 1.14. The van der Waals surface area contributed by atoms with Gasteiger partial charge in [-0.1, -0.05) is 6.92 Å². The molecular formula is C23H23F2N7O4S. The summed E-state index contributed by atoms with van der Waals surface area (Å²) in [5.41, 5.74) is -0.942. The number of fused-ring (bicyclic) bond motifs is 1. The van der Waals surface area contributed by atoms with Crippen LogP contribution >= 0.6 is 11.3 Å². The number of thiazole rings is 1. The van der Waals surface area contributed by atoms with Gasteiger partial charge >= 0.3 is 5.69 Å². The Hall–Kier alpha value is -4.07. The number of hydrogen-bond donors (Lipinski definition) is 1. The van der Waals surface area contributed by atoms with E-state index in [-0.39, 0.29) is 53.5 Å². The van der Waals surface area contributed by atoms with Crippen molar-refractivity contribution in [1.29, 1.82) is 0 Å². The van der Waals surface area contributed by atoms with Crippen LogP contribution in [-0.2, 0) is 35.6 Å². The number of hydrogen-bond acceptors (Lipinski definition) is 8. The molecule has 0 fully saturated rings. The van der Waals surface area contributed by atoms with Gasteiger partial charge in [-0.3, -0.25) is 28.5 Å². The van der Waals surface area contributed by atoms with Gasteiger partial charge in [-0.05, 0) is 13.0 Å². The Labute approximate surface area is 212 Å². The number of aromatic nitrogens is 6. The molecule has 0 aliphatic heterocycles. The average Bonchev–Trinajstić information content (AvgIpc) is 3.47. The van der Waals surface area contributed by atoms with Crippen LogP contribution < -0.4 is 16.6 Å². The number of ketones is 1. The molecule has 0 spiro atoms. The third kappa shape index (κ3) is 5.09. The van der Waals surface area contributed by atoms with Gasteiger partial charge in [-0.15, -0.1) is 11.3 Å². The summed E-state index contributed by atoms with van der Waals surface area (Å²) in [6.45, 7) is 3.22. The Morgan fingerprint density at radius 3 is 2.59 bits per heavy atom. The molecule has 0 unspecified atom stereocenters. The van der Waals surface area contributed by atoms with E-state index in [1.54, 1.807) is 12.3 Å². The largest absolute Gasteiger partial charge is 0.332 e. The number of carbonyl (C=O) groups excluding carboxylic acids is 2. The first-order valence-corrected chi connectivity index (χ1v) is 12.1. The second kappa shape index (κ2) is 9.76. The fourth-order valence-electron chi connectivity index (χ4n) is 3.76. The zero-order chi connectivity index (χ0) is 27.1. The molecule has 1 amide bonds. The molecule has 4 heterocycles. The average molecular weight is 532 g/mol. The van der Waals surface area contributed by atoms with E-state index in [4.69, 9.17) is 0 Å². The molecule has 1 N–H and O–H groups in total. The summed E-state index contributed by atoms with van der Waals surface area (Å²) in [4.78, 5) is 62.6. The normalized spacial score (nSPS) is 11.7. The van der Waals surface area contributed by atoms with Crippen LogP contribution in [0.5, 0.6) is 0 Å². The van der Waals surface area contributed by atoms with E-state index in [0.29, 0.717) is 10.6 Å². The Morgan fingerprint density at radius 1 is 1.19 bits per heavy atom. The first kappa shape index (κ1) is 26.0. The zero-order valence-corrected chi connectivity index (χ0v) is 21.2. The molecule has 0 aliphatic carbocycles. The number of alkyl halides is 2. The van der Waals surface area contributed by atoms with Crippen molar-refractivity contribution in [2.24, 2.45) is 7.05 Å². The number of amides is 1. The molecule has 0 saturated heterocycles. The summed E-state index contributed by atoms with van der Waals surface area (Å²) in [5.74, 6) is -3.71. The molecule has 14 heteroatoms. The first-order valence-electron chi connectivity index (χ1n) is 11.2. The van der Waals surface area contributed by atoms with Crippen LogP contribution in [0.1, 0.15) is 31.5 Å². The fraction of sp³-hybridized carbons (Fsp3) is 0.348. The summed E-state index contributed by atoms with van der Waals surface area (Å²) in [6, 6.07) is 1.32. The van der Waals surface area contributed by atoms with Crippen molar-refractivity contribution < 1.29 is 18.4 Å². The van der Waals surface area contributed by atoms with E-state index in [0.717, 1.165) is 27.4 Å². The van der Waals surface area contributed by atoms with E-state index in [1.165, 1.54) is 37.1 Å². The van der Waals surface area contributed by atoms with Crippen LogP contribution in [0.25, 0.3) is 21.7 Å². The van der Waals surface area contributed by atoms with Crippen molar-refractivity contribution >= 4 is 40.0 Å². The molecule has 0 atom stereocenters. The Bertz CT molecular complexity index is 1650. The van der Waals surface area contributed by atoms with Gasteiger partial charge in [0.25, 0.3) is 11.5 Å². The number of anilines is 1. The molecule has 37 heavy (non-hydrogen) atoms. The van der Waals surface area contributed by atoms with E-state index in [2.05, 4.69) is 20.3 Å². The maximum absolute atomic E-state index is 13.9. The number of rotatable bonds is 8. The minimum Gasteiger partial charge on any atom is -0.315 e. The van der Waals surface area contributed by atoms with Gasteiger partial charge < -0.3 is 9.88 Å². The van der Waals surface area contributed by atoms with E-state index in [1.807, 2.05) is 0 Å². The van der Waals surface area contributed by atoms with Gasteiger partial charge in [0.15, 0.2) is 16.9 Å². The predicted molar refractivity (Wildman–Crippen MR) is 133 cm³/mol. The minimum atomic E-state index is -3.07. The smallest absolute Gasteiger partial charge is 0.315 e. The van der Waals surface area contributed by atoms with Crippen molar-refractivity contribution in [2.75, 3.05) is 5.32 Å². The van der Waals surface area contributed by atoms with Crippen molar-refractivity contribution in [1.82, 2.24) is 28.7 Å². The van der Waals surface area contributed by atoms with Crippen molar-refractivity contribution in [2.45, 2.75) is 46.2 Å². The number of nitrogens with one attached hydrogen (secondary N) is 1. The second-order valence-corrected chi connectivity index (χ2v) is 9.36.